The minimum atomic E-state index is -3.69. The lowest BCUT2D eigenvalue weighted by Gasteiger charge is -2.31. The summed E-state index contributed by atoms with van der Waals surface area (Å²) in [5.74, 6) is -0.429. The molecule has 0 aliphatic rings. The molecule has 1 amide bonds. The minimum Gasteiger partial charge on any atom is -0.348 e. The fraction of sp³-hybridized carbons (Fsp3) is 0.350. The predicted octanol–water partition coefficient (Wildman–Crippen LogP) is 2.51. The lowest BCUT2D eigenvalue weighted by atomic mass is 10.1. The first-order chi connectivity index (χ1) is 13.4. The smallest absolute Gasteiger partial charge is 0.244 e. The maximum atomic E-state index is 12.9. The number of carbonyl (C=O) groups excluding carboxylic acids is 1. The van der Waals surface area contributed by atoms with E-state index in [0.29, 0.717) is 11.3 Å². The number of sulfone groups is 1. The molecule has 0 saturated heterocycles. The monoisotopic (exact) mass is 438 g/mol. The van der Waals surface area contributed by atoms with Crippen LogP contribution in [0.1, 0.15) is 31.9 Å². The first kappa shape index (κ1) is 22.9. The molecule has 29 heavy (non-hydrogen) atoms. The zero-order valence-electron chi connectivity index (χ0n) is 16.9. The van der Waals surface area contributed by atoms with Gasteiger partial charge in [-0.15, -0.1) is 0 Å². The fourth-order valence-electron chi connectivity index (χ4n) is 3.03. The molecule has 0 spiro atoms. The number of nitrogens with one attached hydrogen (secondary N) is 1. The van der Waals surface area contributed by atoms with Crippen molar-refractivity contribution in [3.05, 3.63) is 60.2 Å². The Labute approximate surface area is 172 Å². The Hall–Kier alpha value is -2.39. The third-order valence-electron chi connectivity index (χ3n) is 4.51. The molecule has 0 aliphatic heterocycles. The van der Waals surface area contributed by atoms with Crippen LogP contribution in [0.3, 0.4) is 0 Å². The van der Waals surface area contributed by atoms with Gasteiger partial charge in [-0.25, -0.2) is 16.8 Å². The number of rotatable bonds is 8. The topological polar surface area (TPSA) is 101 Å². The molecule has 0 unspecified atom stereocenters. The second-order valence-electron chi connectivity index (χ2n) is 6.89. The van der Waals surface area contributed by atoms with E-state index in [-0.39, 0.29) is 11.3 Å². The van der Waals surface area contributed by atoms with E-state index < -0.39 is 37.9 Å². The number of anilines is 1. The number of benzene rings is 2. The fourth-order valence-corrected chi connectivity index (χ4v) is 4.87. The van der Waals surface area contributed by atoms with Crippen LogP contribution in [0.4, 0.5) is 5.69 Å². The molecule has 1 N–H and O–H groups in total. The van der Waals surface area contributed by atoms with Gasteiger partial charge in [0.05, 0.1) is 22.9 Å². The van der Waals surface area contributed by atoms with Crippen LogP contribution in [0.25, 0.3) is 0 Å². The van der Waals surface area contributed by atoms with Gasteiger partial charge in [-0.3, -0.25) is 9.10 Å². The van der Waals surface area contributed by atoms with Crippen molar-refractivity contribution >= 4 is 31.5 Å². The maximum absolute atomic E-state index is 12.9. The Kier molecular flexibility index (Phi) is 7.07. The van der Waals surface area contributed by atoms with Crippen LogP contribution in [-0.2, 0) is 24.7 Å². The molecule has 158 valence electrons. The van der Waals surface area contributed by atoms with Gasteiger partial charge in [0.1, 0.15) is 6.04 Å². The average molecular weight is 439 g/mol. The first-order valence-electron chi connectivity index (χ1n) is 9.10. The van der Waals surface area contributed by atoms with Crippen LogP contribution >= 0.6 is 0 Å². The van der Waals surface area contributed by atoms with E-state index in [9.17, 15) is 21.6 Å². The van der Waals surface area contributed by atoms with Gasteiger partial charge in [-0.2, -0.15) is 0 Å². The van der Waals surface area contributed by atoms with E-state index in [2.05, 4.69) is 5.32 Å². The number of carbonyl (C=O) groups is 1. The second-order valence-corrected chi connectivity index (χ2v) is 10.8. The van der Waals surface area contributed by atoms with Gasteiger partial charge in [-0.05, 0) is 43.2 Å². The molecule has 0 aliphatic carbocycles. The Bertz CT molecular complexity index is 1050. The Morgan fingerprint density at radius 3 is 1.97 bits per heavy atom. The van der Waals surface area contributed by atoms with Crippen molar-refractivity contribution in [3.8, 4) is 0 Å². The summed E-state index contributed by atoms with van der Waals surface area (Å²) < 4.78 is 49.1. The number of nitrogens with zero attached hydrogens (tertiary/aromatic N) is 1. The standard InChI is InChI=1S/C20H26N2O5S2/c1-5-19(22(29(4,26)27)17-9-7-6-8-10-17)20(23)21-15(2)16-11-13-18(14-12-16)28(3,24)25/h6-15,19H,5H2,1-4H3,(H,21,23)/t15-,19-/m0/s1. The summed E-state index contributed by atoms with van der Waals surface area (Å²) in [5, 5.41) is 2.83. The Morgan fingerprint density at radius 2 is 1.52 bits per heavy atom. The highest BCUT2D eigenvalue weighted by molar-refractivity contribution is 7.92. The third-order valence-corrected chi connectivity index (χ3v) is 6.82. The molecule has 0 aromatic heterocycles. The van der Waals surface area contributed by atoms with E-state index in [0.717, 1.165) is 16.8 Å². The summed E-state index contributed by atoms with van der Waals surface area (Å²) in [5.41, 5.74) is 1.13. The summed E-state index contributed by atoms with van der Waals surface area (Å²) >= 11 is 0. The highest BCUT2D eigenvalue weighted by atomic mass is 32.2. The third kappa shape index (κ3) is 5.80. The summed E-state index contributed by atoms with van der Waals surface area (Å²) in [7, 11) is -7.00. The quantitative estimate of drug-likeness (QED) is 0.682. The van der Waals surface area contributed by atoms with Crippen molar-refractivity contribution in [2.75, 3.05) is 16.8 Å². The van der Waals surface area contributed by atoms with Crippen LogP contribution in [0.5, 0.6) is 0 Å². The van der Waals surface area contributed by atoms with E-state index in [1.165, 1.54) is 12.1 Å². The van der Waals surface area contributed by atoms with Gasteiger partial charge in [0.15, 0.2) is 9.84 Å². The molecule has 2 aromatic rings. The van der Waals surface area contributed by atoms with Crippen LogP contribution in [-0.4, -0.2) is 41.3 Å². The van der Waals surface area contributed by atoms with Gasteiger partial charge in [0.2, 0.25) is 15.9 Å². The summed E-state index contributed by atoms with van der Waals surface area (Å²) in [6.07, 6.45) is 2.49. The Morgan fingerprint density at radius 1 is 0.966 bits per heavy atom. The van der Waals surface area contributed by atoms with Crippen molar-refractivity contribution in [1.29, 1.82) is 0 Å². The van der Waals surface area contributed by atoms with Crippen molar-refractivity contribution in [1.82, 2.24) is 5.32 Å². The minimum absolute atomic E-state index is 0.193. The van der Waals surface area contributed by atoms with Crippen molar-refractivity contribution in [2.24, 2.45) is 0 Å². The number of para-hydroxylation sites is 1. The molecular formula is C20H26N2O5S2. The van der Waals surface area contributed by atoms with E-state index in [1.54, 1.807) is 56.3 Å². The van der Waals surface area contributed by atoms with Crippen molar-refractivity contribution < 1.29 is 21.6 Å². The van der Waals surface area contributed by atoms with Gasteiger partial charge in [-0.1, -0.05) is 37.3 Å². The van der Waals surface area contributed by atoms with Crippen LogP contribution in [0.2, 0.25) is 0 Å². The molecule has 2 rings (SSSR count). The lowest BCUT2D eigenvalue weighted by molar-refractivity contribution is -0.122. The predicted molar refractivity (Wildman–Crippen MR) is 114 cm³/mol. The molecule has 0 fully saturated rings. The van der Waals surface area contributed by atoms with E-state index >= 15 is 0 Å². The van der Waals surface area contributed by atoms with Crippen molar-refractivity contribution in [2.45, 2.75) is 37.2 Å². The number of hydrogen-bond acceptors (Lipinski definition) is 5. The zero-order chi connectivity index (χ0) is 21.8. The SMILES string of the molecule is CC[C@@H](C(=O)N[C@@H](C)c1ccc(S(C)(=O)=O)cc1)N(c1ccccc1)S(C)(=O)=O. The lowest BCUT2D eigenvalue weighted by Crippen LogP contribution is -2.49. The van der Waals surface area contributed by atoms with Crippen LogP contribution in [0, 0.1) is 0 Å². The van der Waals surface area contributed by atoms with Gasteiger partial charge in [0.25, 0.3) is 0 Å². The highest BCUT2D eigenvalue weighted by Gasteiger charge is 2.32. The second kappa shape index (κ2) is 8.96. The molecule has 0 bridgehead atoms. The molecule has 0 saturated carbocycles. The number of amides is 1. The molecule has 7 nitrogen and oxygen atoms in total. The van der Waals surface area contributed by atoms with Crippen molar-refractivity contribution in [3.63, 3.8) is 0 Å². The molecular weight excluding hydrogens is 412 g/mol. The number of sulfonamides is 1. The molecule has 9 heteroatoms. The summed E-state index contributed by atoms with van der Waals surface area (Å²) in [4.78, 5) is 13.1. The van der Waals surface area contributed by atoms with Crippen LogP contribution in [0.15, 0.2) is 59.5 Å². The Balaban J connectivity index is 2.26. The molecule has 2 atom stereocenters. The normalized spacial score (nSPS) is 14.1. The van der Waals surface area contributed by atoms with E-state index in [1.807, 2.05) is 0 Å². The van der Waals surface area contributed by atoms with Gasteiger partial charge < -0.3 is 5.32 Å². The molecule has 2 aromatic carbocycles. The zero-order valence-corrected chi connectivity index (χ0v) is 18.5. The molecule has 0 heterocycles. The highest BCUT2D eigenvalue weighted by Crippen LogP contribution is 2.23. The molecule has 0 radical (unpaired) electrons. The summed E-state index contributed by atoms with van der Waals surface area (Å²) in [6, 6.07) is 13.4. The first-order valence-corrected chi connectivity index (χ1v) is 12.8. The summed E-state index contributed by atoms with van der Waals surface area (Å²) in [6.45, 7) is 3.50. The maximum Gasteiger partial charge on any atom is 0.244 e. The van der Waals surface area contributed by atoms with E-state index in [4.69, 9.17) is 0 Å². The average Bonchev–Trinajstić information content (AvgIpc) is 2.64. The largest absolute Gasteiger partial charge is 0.348 e. The van der Waals surface area contributed by atoms with Gasteiger partial charge >= 0.3 is 0 Å². The van der Waals surface area contributed by atoms with Gasteiger partial charge in [0, 0.05) is 6.26 Å². The number of hydrogen-bond donors (Lipinski definition) is 1. The van der Waals surface area contributed by atoms with Crippen LogP contribution < -0.4 is 9.62 Å².